The molecule has 2 aliphatic rings. The van der Waals surface area contributed by atoms with E-state index in [4.69, 9.17) is 0 Å². The lowest BCUT2D eigenvalue weighted by Crippen LogP contribution is -2.48. The van der Waals surface area contributed by atoms with Crippen molar-refractivity contribution in [1.82, 2.24) is 5.32 Å². The van der Waals surface area contributed by atoms with E-state index in [1.807, 2.05) is 0 Å². The van der Waals surface area contributed by atoms with Crippen LogP contribution in [-0.4, -0.2) is 23.6 Å². The number of hydrogen-bond donors (Lipinski definition) is 1. The van der Waals surface area contributed by atoms with Gasteiger partial charge in [-0.1, -0.05) is 0 Å². The predicted molar refractivity (Wildman–Crippen MR) is 41.9 cm³/mol. The first kappa shape index (κ1) is 6.05. The highest BCUT2D eigenvalue weighted by Gasteiger charge is 2.38. The monoisotopic (exact) mass is 143 g/mol. The molecule has 2 heterocycles. The van der Waals surface area contributed by atoms with Crippen molar-refractivity contribution in [3.63, 3.8) is 0 Å². The first-order valence-electron chi connectivity index (χ1n) is 3.76. The molecule has 0 aromatic rings. The molecule has 2 saturated heterocycles. The number of piperidine rings is 1. The topological polar surface area (TPSA) is 12.0 Å². The van der Waals surface area contributed by atoms with Gasteiger partial charge in [-0.05, 0) is 31.6 Å². The van der Waals surface area contributed by atoms with Gasteiger partial charge in [0.2, 0.25) is 0 Å². The summed E-state index contributed by atoms with van der Waals surface area (Å²) in [5.41, 5.74) is 0. The highest BCUT2D eigenvalue weighted by molar-refractivity contribution is 8.02. The fourth-order valence-corrected chi connectivity index (χ4v) is 2.94. The largest absolute Gasteiger partial charge is 0.315 e. The Hall–Kier alpha value is 0.310. The van der Waals surface area contributed by atoms with Crippen molar-refractivity contribution >= 4 is 11.8 Å². The Morgan fingerprint density at radius 2 is 2.22 bits per heavy atom. The molecular weight excluding hydrogens is 130 g/mol. The molecule has 0 saturated carbocycles. The summed E-state index contributed by atoms with van der Waals surface area (Å²) in [7, 11) is 0. The van der Waals surface area contributed by atoms with E-state index >= 15 is 0 Å². The minimum atomic E-state index is 0.707. The maximum atomic E-state index is 3.46. The normalized spacial score (nSPS) is 42.7. The van der Waals surface area contributed by atoms with Gasteiger partial charge >= 0.3 is 0 Å². The van der Waals surface area contributed by atoms with Gasteiger partial charge in [0.25, 0.3) is 0 Å². The van der Waals surface area contributed by atoms with Crippen LogP contribution in [0.3, 0.4) is 0 Å². The molecule has 0 bridgehead atoms. The van der Waals surface area contributed by atoms with E-state index in [0.717, 1.165) is 0 Å². The quantitative estimate of drug-likeness (QED) is 0.547. The molecule has 0 aromatic heterocycles. The fraction of sp³-hybridized carbons (Fsp3) is 1.00. The third-order valence-corrected chi connectivity index (χ3v) is 3.97. The van der Waals surface area contributed by atoms with Gasteiger partial charge in [0.15, 0.2) is 0 Å². The van der Waals surface area contributed by atoms with Crippen molar-refractivity contribution in [3.8, 4) is 0 Å². The van der Waals surface area contributed by atoms with Gasteiger partial charge in [-0.2, -0.15) is 11.8 Å². The Balaban J connectivity index is 1.93. The lowest BCUT2D eigenvalue weighted by molar-refractivity contribution is 0.390. The molecule has 1 N–H and O–H groups in total. The zero-order chi connectivity index (χ0) is 6.16. The van der Waals surface area contributed by atoms with Gasteiger partial charge in [0.1, 0.15) is 0 Å². The molecule has 1 spiro atoms. The van der Waals surface area contributed by atoms with E-state index in [9.17, 15) is 0 Å². The second-order valence-electron chi connectivity index (χ2n) is 3.06. The van der Waals surface area contributed by atoms with Crippen molar-refractivity contribution in [2.24, 2.45) is 0 Å². The van der Waals surface area contributed by atoms with Gasteiger partial charge in [-0.3, -0.25) is 0 Å². The van der Waals surface area contributed by atoms with Crippen LogP contribution in [0.15, 0.2) is 0 Å². The van der Waals surface area contributed by atoms with Crippen molar-refractivity contribution in [3.05, 3.63) is 0 Å². The highest BCUT2D eigenvalue weighted by Crippen LogP contribution is 2.44. The Morgan fingerprint density at radius 1 is 1.33 bits per heavy atom. The third-order valence-electron chi connectivity index (χ3n) is 2.40. The van der Waals surface area contributed by atoms with Crippen LogP contribution in [-0.2, 0) is 0 Å². The van der Waals surface area contributed by atoms with Crippen LogP contribution in [0.5, 0.6) is 0 Å². The summed E-state index contributed by atoms with van der Waals surface area (Å²) in [4.78, 5) is 0. The van der Waals surface area contributed by atoms with Gasteiger partial charge in [0.05, 0.1) is 0 Å². The molecule has 0 aliphatic carbocycles. The zero-order valence-corrected chi connectivity index (χ0v) is 6.47. The lowest BCUT2D eigenvalue weighted by Gasteiger charge is -2.44. The second-order valence-corrected chi connectivity index (χ2v) is 4.62. The highest BCUT2D eigenvalue weighted by atomic mass is 32.2. The molecule has 2 rings (SSSR count). The Bertz CT molecular complexity index is 101. The summed E-state index contributed by atoms with van der Waals surface area (Å²) >= 11 is 2.17. The van der Waals surface area contributed by atoms with Crippen LogP contribution in [0.25, 0.3) is 0 Å². The maximum absolute atomic E-state index is 3.46. The van der Waals surface area contributed by atoms with E-state index < -0.39 is 0 Å². The maximum Gasteiger partial charge on any atom is 0.0292 e. The number of nitrogens with one attached hydrogen (secondary N) is 1. The van der Waals surface area contributed by atoms with Crippen LogP contribution >= 0.6 is 11.8 Å². The van der Waals surface area contributed by atoms with E-state index in [0.29, 0.717) is 4.75 Å². The summed E-state index contributed by atoms with van der Waals surface area (Å²) in [5, 5.41) is 3.46. The second kappa shape index (κ2) is 2.17. The molecule has 1 unspecified atom stereocenters. The molecular formula is C7H13NS. The van der Waals surface area contributed by atoms with E-state index in [-0.39, 0.29) is 0 Å². The summed E-state index contributed by atoms with van der Waals surface area (Å²) in [5.74, 6) is 1.40. The Kier molecular flexibility index (Phi) is 1.46. The van der Waals surface area contributed by atoms with Crippen molar-refractivity contribution in [1.29, 1.82) is 0 Å². The molecule has 1 atom stereocenters. The average Bonchev–Trinajstić information content (AvgIpc) is 1.87. The fourth-order valence-electron chi connectivity index (χ4n) is 1.67. The molecule has 2 aliphatic heterocycles. The average molecular weight is 143 g/mol. The molecule has 0 radical (unpaired) electrons. The molecule has 9 heavy (non-hydrogen) atoms. The van der Waals surface area contributed by atoms with Gasteiger partial charge < -0.3 is 5.32 Å². The summed E-state index contributed by atoms with van der Waals surface area (Å²) < 4.78 is 0.707. The standard InChI is InChI=1S/C7H13NS/c1-2-7(3-5-9-7)6-8-4-1/h8H,1-6H2. The van der Waals surface area contributed by atoms with Crippen molar-refractivity contribution < 1.29 is 0 Å². The van der Waals surface area contributed by atoms with Crippen molar-refractivity contribution in [2.75, 3.05) is 18.8 Å². The molecule has 2 heteroatoms. The van der Waals surface area contributed by atoms with Crippen LogP contribution in [0.4, 0.5) is 0 Å². The minimum Gasteiger partial charge on any atom is -0.315 e. The molecule has 0 aromatic carbocycles. The number of thioether (sulfide) groups is 1. The summed E-state index contributed by atoms with van der Waals surface area (Å²) in [6.07, 6.45) is 4.32. The predicted octanol–water partition coefficient (Wildman–Crippen LogP) is 1.25. The smallest absolute Gasteiger partial charge is 0.0292 e. The molecule has 52 valence electrons. The summed E-state index contributed by atoms with van der Waals surface area (Å²) in [6.45, 7) is 2.53. The van der Waals surface area contributed by atoms with Crippen LogP contribution in [0, 0.1) is 0 Å². The molecule has 2 fully saturated rings. The van der Waals surface area contributed by atoms with Crippen LogP contribution in [0.2, 0.25) is 0 Å². The van der Waals surface area contributed by atoms with Crippen LogP contribution < -0.4 is 5.32 Å². The van der Waals surface area contributed by atoms with E-state index in [1.165, 1.54) is 38.1 Å². The van der Waals surface area contributed by atoms with Gasteiger partial charge in [-0.15, -0.1) is 0 Å². The Labute approximate surface area is 60.6 Å². The minimum absolute atomic E-state index is 0.707. The zero-order valence-electron chi connectivity index (χ0n) is 5.65. The van der Waals surface area contributed by atoms with E-state index in [1.54, 1.807) is 0 Å². The van der Waals surface area contributed by atoms with Crippen LogP contribution in [0.1, 0.15) is 19.3 Å². The SMILES string of the molecule is C1CNCC2(C1)CCS2. The molecule has 0 amide bonds. The van der Waals surface area contributed by atoms with E-state index in [2.05, 4.69) is 17.1 Å². The Morgan fingerprint density at radius 3 is 2.56 bits per heavy atom. The van der Waals surface area contributed by atoms with Gasteiger partial charge in [-0.25, -0.2) is 0 Å². The number of hydrogen-bond acceptors (Lipinski definition) is 2. The number of rotatable bonds is 0. The third kappa shape index (κ3) is 0.987. The molecule has 1 nitrogen and oxygen atoms in total. The first-order valence-corrected chi connectivity index (χ1v) is 4.75. The van der Waals surface area contributed by atoms with Crippen molar-refractivity contribution in [2.45, 2.75) is 24.0 Å². The summed E-state index contributed by atoms with van der Waals surface area (Å²) in [6, 6.07) is 0. The lowest BCUT2D eigenvalue weighted by atomic mass is 9.95. The first-order chi connectivity index (χ1) is 4.41. The van der Waals surface area contributed by atoms with Gasteiger partial charge in [0, 0.05) is 11.3 Å².